The first kappa shape index (κ1) is 26.0. The molecule has 8 N–H and O–H groups in total. The van der Waals surface area contributed by atoms with E-state index in [0.717, 1.165) is 5.56 Å². The number of carbonyl (C=O) groups excluding carboxylic acids is 3. The Bertz CT molecular complexity index is 770. The van der Waals surface area contributed by atoms with E-state index < -0.39 is 60.1 Å². The minimum atomic E-state index is -1.55. The summed E-state index contributed by atoms with van der Waals surface area (Å²) < 4.78 is 0. The van der Waals surface area contributed by atoms with Crippen molar-refractivity contribution in [3.8, 4) is 0 Å². The van der Waals surface area contributed by atoms with Crippen LogP contribution in [-0.2, 0) is 25.6 Å². The van der Waals surface area contributed by atoms with Crippen LogP contribution in [0, 0.1) is 0 Å². The van der Waals surface area contributed by atoms with Gasteiger partial charge in [0.25, 0.3) is 0 Å². The van der Waals surface area contributed by atoms with Gasteiger partial charge < -0.3 is 37.0 Å². The molecule has 11 heteroatoms. The molecule has 172 valence electrons. The monoisotopic (exact) mass is 438 g/mol. The number of carboxylic acid groups (broad SMARTS) is 1. The van der Waals surface area contributed by atoms with Crippen LogP contribution >= 0.6 is 0 Å². The maximum Gasteiger partial charge on any atom is 0.328 e. The predicted molar refractivity (Wildman–Crippen MR) is 111 cm³/mol. The fourth-order valence-electron chi connectivity index (χ4n) is 2.59. The zero-order valence-corrected chi connectivity index (χ0v) is 17.6. The first-order chi connectivity index (χ1) is 14.4. The van der Waals surface area contributed by atoms with Gasteiger partial charge in [0.15, 0.2) is 6.04 Å². The number of aliphatic hydroxyl groups is 2. The molecule has 0 aliphatic rings. The van der Waals surface area contributed by atoms with Crippen LogP contribution in [0.4, 0.5) is 0 Å². The Hall–Kier alpha value is -3.02. The number of hydrogen-bond donors (Lipinski definition) is 7. The summed E-state index contributed by atoms with van der Waals surface area (Å²) in [7, 11) is 0. The van der Waals surface area contributed by atoms with Crippen LogP contribution < -0.4 is 21.7 Å². The van der Waals surface area contributed by atoms with E-state index >= 15 is 0 Å². The van der Waals surface area contributed by atoms with Crippen molar-refractivity contribution in [1.29, 1.82) is 0 Å². The number of aliphatic carboxylic acids is 1. The number of aliphatic hydroxyl groups excluding tert-OH is 2. The fraction of sp³-hybridized carbons (Fsp3) is 0.500. The third-order valence-corrected chi connectivity index (χ3v) is 4.54. The van der Waals surface area contributed by atoms with Gasteiger partial charge in [0.05, 0.1) is 12.2 Å². The molecule has 0 aliphatic carbocycles. The number of rotatable bonds is 11. The summed E-state index contributed by atoms with van der Waals surface area (Å²) in [5.41, 5.74) is 6.35. The zero-order chi connectivity index (χ0) is 23.7. The van der Waals surface area contributed by atoms with Gasteiger partial charge in [-0.3, -0.25) is 14.4 Å². The Morgan fingerprint density at radius 1 is 0.871 bits per heavy atom. The lowest BCUT2D eigenvalue weighted by molar-refractivity contribution is -0.145. The average molecular weight is 438 g/mol. The summed E-state index contributed by atoms with van der Waals surface area (Å²) in [4.78, 5) is 48.4. The zero-order valence-electron chi connectivity index (χ0n) is 17.6. The minimum absolute atomic E-state index is 0.0880. The summed E-state index contributed by atoms with van der Waals surface area (Å²) in [5, 5.41) is 35.1. The van der Waals surface area contributed by atoms with Crippen LogP contribution in [0.15, 0.2) is 30.3 Å². The maximum atomic E-state index is 12.8. The van der Waals surface area contributed by atoms with Crippen LogP contribution in [0.5, 0.6) is 0 Å². The van der Waals surface area contributed by atoms with E-state index in [2.05, 4.69) is 16.0 Å². The Labute approximate surface area is 180 Å². The SMILES string of the molecule is CC(NC(=O)C(Cc1ccccc1)NC(=O)C(N)C(C)O)C(=O)NC(C(=O)O)C(C)O. The number of amides is 3. The van der Waals surface area contributed by atoms with Gasteiger partial charge >= 0.3 is 5.97 Å². The Morgan fingerprint density at radius 2 is 1.45 bits per heavy atom. The highest BCUT2D eigenvalue weighted by Gasteiger charge is 2.30. The largest absolute Gasteiger partial charge is 0.480 e. The molecule has 31 heavy (non-hydrogen) atoms. The molecule has 1 aromatic rings. The van der Waals surface area contributed by atoms with Crippen molar-refractivity contribution in [2.75, 3.05) is 0 Å². The van der Waals surface area contributed by atoms with Crippen molar-refractivity contribution in [1.82, 2.24) is 16.0 Å². The van der Waals surface area contributed by atoms with Gasteiger partial charge in [-0.15, -0.1) is 0 Å². The van der Waals surface area contributed by atoms with E-state index in [1.54, 1.807) is 30.3 Å². The molecule has 6 atom stereocenters. The van der Waals surface area contributed by atoms with Crippen LogP contribution in [-0.4, -0.2) is 75.4 Å². The van der Waals surface area contributed by atoms with E-state index in [1.807, 2.05) is 0 Å². The highest BCUT2D eigenvalue weighted by atomic mass is 16.4. The lowest BCUT2D eigenvalue weighted by atomic mass is 10.0. The number of hydrogen-bond acceptors (Lipinski definition) is 7. The molecule has 11 nitrogen and oxygen atoms in total. The lowest BCUT2D eigenvalue weighted by Gasteiger charge is -2.24. The predicted octanol–water partition coefficient (Wildman–Crippen LogP) is -2.12. The molecule has 0 saturated carbocycles. The van der Waals surface area contributed by atoms with Gasteiger partial charge in [-0.2, -0.15) is 0 Å². The van der Waals surface area contributed by atoms with Gasteiger partial charge in [0.2, 0.25) is 17.7 Å². The van der Waals surface area contributed by atoms with E-state index in [-0.39, 0.29) is 6.42 Å². The van der Waals surface area contributed by atoms with Gasteiger partial charge in [-0.05, 0) is 26.3 Å². The van der Waals surface area contributed by atoms with Crippen molar-refractivity contribution in [2.24, 2.45) is 5.73 Å². The summed E-state index contributed by atoms with van der Waals surface area (Å²) in [6.45, 7) is 3.88. The van der Waals surface area contributed by atoms with Crippen LogP contribution in [0.25, 0.3) is 0 Å². The Kier molecular flexibility index (Phi) is 10.1. The Morgan fingerprint density at radius 3 is 1.94 bits per heavy atom. The highest BCUT2D eigenvalue weighted by molar-refractivity contribution is 5.94. The average Bonchev–Trinajstić information content (AvgIpc) is 2.70. The Balaban J connectivity index is 2.91. The molecule has 0 saturated heterocycles. The molecule has 1 rings (SSSR count). The molecule has 3 amide bonds. The third kappa shape index (κ3) is 8.32. The lowest BCUT2D eigenvalue weighted by Crippen LogP contribution is -2.58. The molecule has 6 unspecified atom stereocenters. The molecule has 0 bridgehead atoms. The van der Waals surface area contributed by atoms with E-state index in [4.69, 9.17) is 10.8 Å². The van der Waals surface area contributed by atoms with E-state index in [1.165, 1.54) is 20.8 Å². The van der Waals surface area contributed by atoms with Gasteiger partial charge in [0.1, 0.15) is 18.1 Å². The number of carboxylic acids is 1. The first-order valence-corrected chi connectivity index (χ1v) is 9.73. The summed E-state index contributed by atoms with van der Waals surface area (Å²) in [5.74, 6) is -3.71. The topological polar surface area (TPSA) is 191 Å². The van der Waals surface area contributed by atoms with Crippen LogP contribution in [0.1, 0.15) is 26.3 Å². The number of benzene rings is 1. The van der Waals surface area contributed by atoms with Crippen LogP contribution in [0.2, 0.25) is 0 Å². The summed E-state index contributed by atoms with van der Waals surface area (Å²) in [6, 6.07) is 3.72. The van der Waals surface area contributed by atoms with E-state index in [9.17, 15) is 29.4 Å². The second-order valence-electron chi connectivity index (χ2n) is 7.31. The van der Waals surface area contributed by atoms with Gasteiger partial charge in [-0.1, -0.05) is 30.3 Å². The van der Waals surface area contributed by atoms with Crippen molar-refractivity contribution in [2.45, 2.75) is 63.6 Å². The van der Waals surface area contributed by atoms with E-state index in [0.29, 0.717) is 0 Å². The van der Waals surface area contributed by atoms with Crippen molar-refractivity contribution >= 4 is 23.7 Å². The standard InChI is InChI=1S/C20H30N4O7/c1-10(17(27)24-16(12(3)26)20(30)31)22-18(28)14(9-13-7-5-4-6-8-13)23-19(29)15(21)11(2)25/h4-8,10-12,14-16,25-26H,9,21H2,1-3H3,(H,22,28)(H,23,29)(H,24,27)(H,30,31). The fourth-order valence-corrected chi connectivity index (χ4v) is 2.59. The number of carbonyl (C=O) groups is 4. The quantitative estimate of drug-likeness (QED) is 0.204. The molecule has 1 aromatic carbocycles. The van der Waals surface area contributed by atoms with Crippen molar-refractivity contribution in [3.05, 3.63) is 35.9 Å². The molecule has 0 heterocycles. The molecule has 0 fully saturated rings. The van der Waals surface area contributed by atoms with Gasteiger partial charge in [0, 0.05) is 6.42 Å². The molecule has 0 aromatic heterocycles. The third-order valence-electron chi connectivity index (χ3n) is 4.54. The minimum Gasteiger partial charge on any atom is -0.480 e. The molecule has 0 aliphatic heterocycles. The summed E-state index contributed by atoms with van der Waals surface area (Å²) in [6.07, 6.45) is -2.40. The van der Waals surface area contributed by atoms with Gasteiger partial charge in [-0.25, -0.2) is 4.79 Å². The molecule has 0 spiro atoms. The van der Waals surface area contributed by atoms with Crippen molar-refractivity contribution in [3.63, 3.8) is 0 Å². The van der Waals surface area contributed by atoms with Crippen molar-refractivity contribution < 1.29 is 34.5 Å². The second kappa shape index (κ2) is 12.0. The number of nitrogens with one attached hydrogen (secondary N) is 3. The smallest absolute Gasteiger partial charge is 0.328 e. The molecular formula is C20H30N4O7. The maximum absolute atomic E-state index is 12.8. The number of nitrogens with two attached hydrogens (primary N) is 1. The molecular weight excluding hydrogens is 408 g/mol. The second-order valence-corrected chi connectivity index (χ2v) is 7.31. The normalized spacial score (nSPS) is 16.7. The first-order valence-electron chi connectivity index (χ1n) is 9.73. The van der Waals surface area contributed by atoms with Crippen LogP contribution in [0.3, 0.4) is 0 Å². The summed E-state index contributed by atoms with van der Waals surface area (Å²) >= 11 is 0. The highest BCUT2D eigenvalue weighted by Crippen LogP contribution is 2.05. The molecule has 0 radical (unpaired) electrons.